The van der Waals surface area contributed by atoms with Gasteiger partial charge in [-0.25, -0.2) is 9.97 Å². The summed E-state index contributed by atoms with van der Waals surface area (Å²) in [4.78, 5) is 27.3. The predicted octanol–water partition coefficient (Wildman–Crippen LogP) is 2.74. The molecule has 0 aliphatic carbocycles. The molecular weight excluding hydrogens is 314 g/mol. The Balaban J connectivity index is 1.44. The fraction of sp³-hybridized carbons (Fsp3) is 0.263. The lowest BCUT2D eigenvalue weighted by molar-refractivity contribution is 0.0714. The molecule has 6 heteroatoms. The molecule has 0 radical (unpaired) electrons. The van der Waals surface area contributed by atoms with Gasteiger partial charge in [0, 0.05) is 36.9 Å². The maximum Gasteiger partial charge on any atom is 0.273 e. The largest absolute Gasteiger partial charge is 0.367 e. The topological polar surface area (TPSA) is 71.0 Å². The molecule has 1 aliphatic heterocycles. The van der Waals surface area contributed by atoms with Crippen LogP contribution in [0.2, 0.25) is 0 Å². The molecule has 3 aromatic rings. The Morgan fingerprint density at radius 3 is 2.68 bits per heavy atom. The number of fused-ring (bicyclic) bond motifs is 1. The number of hydrogen-bond donors (Lipinski definition) is 1. The number of aromatic nitrogens is 3. The fourth-order valence-electron chi connectivity index (χ4n) is 3.25. The Kier molecular flexibility index (Phi) is 4.24. The van der Waals surface area contributed by atoms with Crippen LogP contribution in [0.15, 0.2) is 55.1 Å². The van der Waals surface area contributed by atoms with Crippen molar-refractivity contribution in [3.05, 3.63) is 60.8 Å². The summed E-state index contributed by atoms with van der Waals surface area (Å²) in [6, 6.07) is 12.0. The molecule has 0 saturated carbocycles. The molecule has 0 atom stereocenters. The highest BCUT2D eigenvalue weighted by Gasteiger charge is 2.25. The van der Waals surface area contributed by atoms with Gasteiger partial charge in [0.2, 0.25) is 0 Å². The van der Waals surface area contributed by atoms with Gasteiger partial charge < -0.3 is 10.2 Å². The number of nitrogens with one attached hydrogen (secondary N) is 1. The van der Waals surface area contributed by atoms with Crippen molar-refractivity contribution < 1.29 is 4.79 Å². The standard InChI is InChI=1S/C19H19N5O/c25-19(18-16-4-2-1-3-14(16)5-10-21-18)24-11-7-15(8-12-24)23-17-6-9-20-13-22-17/h1-6,9-10,13,15H,7-8,11-12H2,(H,20,22,23). The summed E-state index contributed by atoms with van der Waals surface area (Å²) in [5.41, 5.74) is 0.542. The maximum absolute atomic E-state index is 12.9. The van der Waals surface area contributed by atoms with E-state index in [4.69, 9.17) is 0 Å². The summed E-state index contributed by atoms with van der Waals surface area (Å²) in [7, 11) is 0. The third-order valence-corrected chi connectivity index (χ3v) is 4.59. The van der Waals surface area contributed by atoms with Gasteiger partial charge in [0.15, 0.2) is 0 Å². The lowest BCUT2D eigenvalue weighted by Crippen LogP contribution is -2.42. The van der Waals surface area contributed by atoms with Crippen LogP contribution < -0.4 is 5.32 Å². The average Bonchev–Trinajstić information content (AvgIpc) is 2.68. The number of piperidine rings is 1. The zero-order chi connectivity index (χ0) is 17.1. The quantitative estimate of drug-likeness (QED) is 0.798. The highest BCUT2D eigenvalue weighted by Crippen LogP contribution is 2.21. The smallest absolute Gasteiger partial charge is 0.273 e. The number of carbonyl (C=O) groups excluding carboxylic acids is 1. The lowest BCUT2D eigenvalue weighted by atomic mass is 10.0. The first kappa shape index (κ1) is 15.5. The van der Waals surface area contributed by atoms with Crippen LogP contribution >= 0.6 is 0 Å². The fourth-order valence-corrected chi connectivity index (χ4v) is 3.25. The third-order valence-electron chi connectivity index (χ3n) is 4.59. The minimum atomic E-state index is 0.0114. The Labute approximate surface area is 145 Å². The second-order valence-electron chi connectivity index (χ2n) is 6.19. The second-order valence-corrected chi connectivity index (χ2v) is 6.19. The van der Waals surface area contributed by atoms with Crippen molar-refractivity contribution in [3.63, 3.8) is 0 Å². The molecule has 0 unspecified atom stereocenters. The van der Waals surface area contributed by atoms with Crippen molar-refractivity contribution in [1.29, 1.82) is 0 Å². The molecule has 25 heavy (non-hydrogen) atoms. The number of carbonyl (C=O) groups is 1. The average molecular weight is 333 g/mol. The molecule has 0 spiro atoms. The van der Waals surface area contributed by atoms with E-state index in [1.54, 1.807) is 12.4 Å². The molecule has 1 saturated heterocycles. The van der Waals surface area contributed by atoms with Crippen molar-refractivity contribution in [2.45, 2.75) is 18.9 Å². The molecule has 0 bridgehead atoms. The van der Waals surface area contributed by atoms with Crippen molar-refractivity contribution in [2.75, 3.05) is 18.4 Å². The summed E-state index contributed by atoms with van der Waals surface area (Å²) in [6.07, 6.45) is 6.74. The Bertz CT molecular complexity index is 870. The van der Waals surface area contributed by atoms with Gasteiger partial charge in [-0.3, -0.25) is 9.78 Å². The van der Waals surface area contributed by atoms with E-state index in [0.717, 1.165) is 29.4 Å². The van der Waals surface area contributed by atoms with E-state index < -0.39 is 0 Å². The first-order valence-electron chi connectivity index (χ1n) is 8.47. The van der Waals surface area contributed by atoms with Crippen LogP contribution in [0.3, 0.4) is 0 Å². The Hall–Kier alpha value is -3.02. The molecule has 1 aromatic carbocycles. The second kappa shape index (κ2) is 6.84. The SMILES string of the molecule is O=C(c1nccc2ccccc12)N1CCC(Nc2ccncn2)CC1. The first-order valence-corrected chi connectivity index (χ1v) is 8.47. The zero-order valence-corrected chi connectivity index (χ0v) is 13.8. The van der Waals surface area contributed by atoms with Crippen molar-refractivity contribution >= 4 is 22.5 Å². The van der Waals surface area contributed by atoms with E-state index in [0.29, 0.717) is 24.8 Å². The van der Waals surface area contributed by atoms with E-state index in [1.165, 1.54) is 6.33 Å². The number of pyridine rings is 1. The number of nitrogens with zero attached hydrogens (tertiary/aromatic N) is 4. The molecule has 6 nitrogen and oxygen atoms in total. The molecule has 3 heterocycles. The van der Waals surface area contributed by atoms with Crippen LogP contribution in [0.1, 0.15) is 23.3 Å². The van der Waals surface area contributed by atoms with E-state index in [-0.39, 0.29) is 5.91 Å². The molecular formula is C19H19N5O. The molecule has 1 N–H and O–H groups in total. The van der Waals surface area contributed by atoms with Crippen LogP contribution in [-0.2, 0) is 0 Å². The van der Waals surface area contributed by atoms with Gasteiger partial charge in [0.05, 0.1) is 0 Å². The number of likely N-dealkylation sites (tertiary alicyclic amines) is 1. The molecule has 126 valence electrons. The highest BCUT2D eigenvalue weighted by molar-refractivity contribution is 6.05. The molecule has 1 fully saturated rings. The predicted molar refractivity (Wildman–Crippen MR) is 96.3 cm³/mol. The van der Waals surface area contributed by atoms with Gasteiger partial charge in [-0.2, -0.15) is 0 Å². The zero-order valence-electron chi connectivity index (χ0n) is 13.8. The lowest BCUT2D eigenvalue weighted by Gasteiger charge is -2.32. The minimum absolute atomic E-state index is 0.0114. The number of anilines is 1. The molecule has 4 rings (SSSR count). The van der Waals surface area contributed by atoms with E-state index in [1.807, 2.05) is 41.3 Å². The van der Waals surface area contributed by atoms with Crippen LogP contribution in [0.5, 0.6) is 0 Å². The van der Waals surface area contributed by atoms with Crippen LogP contribution in [0.4, 0.5) is 5.82 Å². The third kappa shape index (κ3) is 3.28. The Morgan fingerprint density at radius 1 is 1.04 bits per heavy atom. The van der Waals surface area contributed by atoms with Crippen molar-refractivity contribution in [3.8, 4) is 0 Å². The van der Waals surface area contributed by atoms with Crippen LogP contribution in [-0.4, -0.2) is 44.9 Å². The Morgan fingerprint density at radius 2 is 1.88 bits per heavy atom. The molecule has 1 amide bonds. The van der Waals surface area contributed by atoms with Gasteiger partial charge in [0.25, 0.3) is 5.91 Å². The van der Waals surface area contributed by atoms with Gasteiger partial charge in [0.1, 0.15) is 17.8 Å². The van der Waals surface area contributed by atoms with Gasteiger partial charge in [-0.1, -0.05) is 24.3 Å². The maximum atomic E-state index is 12.9. The molecule has 2 aromatic heterocycles. The number of amides is 1. The molecule has 1 aliphatic rings. The summed E-state index contributed by atoms with van der Waals surface area (Å²) in [6.45, 7) is 1.43. The minimum Gasteiger partial charge on any atom is -0.367 e. The van der Waals surface area contributed by atoms with Gasteiger partial charge >= 0.3 is 0 Å². The number of benzene rings is 1. The van der Waals surface area contributed by atoms with E-state index >= 15 is 0 Å². The van der Waals surface area contributed by atoms with E-state index in [9.17, 15) is 4.79 Å². The van der Waals surface area contributed by atoms with Crippen molar-refractivity contribution in [2.24, 2.45) is 0 Å². The van der Waals surface area contributed by atoms with Gasteiger partial charge in [-0.15, -0.1) is 0 Å². The monoisotopic (exact) mass is 333 g/mol. The summed E-state index contributed by atoms with van der Waals surface area (Å²) < 4.78 is 0. The summed E-state index contributed by atoms with van der Waals surface area (Å²) in [5.74, 6) is 0.841. The van der Waals surface area contributed by atoms with Crippen molar-refractivity contribution in [1.82, 2.24) is 19.9 Å². The highest BCUT2D eigenvalue weighted by atomic mass is 16.2. The first-order chi connectivity index (χ1) is 12.3. The van der Waals surface area contributed by atoms with Crippen LogP contribution in [0.25, 0.3) is 10.8 Å². The normalized spacial score (nSPS) is 15.3. The van der Waals surface area contributed by atoms with E-state index in [2.05, 4.69) is 20.3 Å². The summed E-state index contributed by atoms with van der Waals surface area (Å²) in [5, 5.41) is 5.36. The number of hydrogen-bond acceptors (Lipinski definition) is 5. The van der Waals surface area contributed by atoms with Gasteiger partial charge in [-0.05, 0) is 30.4 Å². The van der Waals surface area contributed by atoms with Crippen LogP contribution in [0, 0.1) is 0 Å². The summed E-state index contributed by atoms with van der Waals surface area (Å²) >= 11 is 0. The number of rotatable bonds is 3.